The average molecular weight is 340 g/mol. The van der Waals surface area contributed by atoms with Crippen molar-refractivity contribution in [3.05, 3.63) is 40.8 Å². The first-order valence-electron chi connectivity index (χ1n) is 6.32. The normalized spacial score (nSPS) is 15.7. The number of carboxylic acids is 1. The Morgan fingerprint density at radius 1 is 1.36 bits per heavy atom. The maximum atomic E-state index is 11.9. The molecule has 1 aliphatic heterocycles. The molecule has 1 aromatic carbocycles. The van der Waals surface area contributed by atoms with Gasteiger partial charge in [0.2, 0.25) is 0 Å². The van der Waals surface area contributed by atoms with Crippen LogP contribution in [-0.4, -0.2) is 51.0 Å². The summed E-state index contributed by atoms with van der Waals surface area (Å²) in [6.07, 6.45) is 1.71. The molecule has 0 spiro atoms. The van der Waals surface area contributed by atoms with Gasteiger partial charge in [0.05, 0.1) is 11.5 Å². The summed E-state index contributed by atoms with van der Waals surface area (Å²) in [4.78, 5) is 24.1. The van der Waals surface area contributed by atoms with Gasteiger partial charge in [-0.3, -0.25) is 14.5 Å². The molecule has 0 bridgehead atoms. The number of aliphatic hydroxyl groups is 1. The minimum atomic E-state index is -1.08. The number of carbonyl (C=O) groups excluding carboxylic acids is 1. The van der Waals surface area contributed by atoms with E-state index < -0.39 is 12.5 Å². The minimum Gasteiger partial charge on any atom is -0.480 e. The van der Waals surface area contributed by atoms with Crippen molar-refractivity contribution >= 4 is 46.3 Å². The molecule has 0 saturated carbocycles. The number of benzene rings is 1. The summed E-state index contributed by atoms with van der Waals surface area (Å²) in [5.41, 5.74) is 5.66. The van der Waals surface area contributed by atoms with Crippen LogP contribution in [0.25, 0.3) is 6.08 Å². The van der Waals surface area contributed by atoms with Gasteiger partial charge in [0.15, 0.2) is 0 Å². The predicted molar refractivity (Wildman–Crippen MR) is 90.1 cm³/mol. The van der Waals surface area contributed by atoms with Crippen LogP contribution < -0.4 is 5.73 Å². The lowest BCUT2D eigenvalue weighted by Gasteiger charge is -2.10. The van der Waals surface area contributed by atoms with Gasteiger partial charge in [-0.1, -0.05) is 54.3 Å². The van der Waals surface area contributed by atoms with Crippen molar-refractivity contribution < 1.29 is 19.8 Å². The van der Waals surface area contributed by atoms with Gasteiger partial charge in [-0.2, -0.15) is 0 Å². The Morgan fingerprint density at radius 3 is 2.45 bits per heavy atom. The van der Waals surface area contributed by atoms with E-state index in [9.17, 15) is 9.59 Å². The molecule has 1 fully saturated rings. The second-order valence-electron chi connectivity index (χ2n) is 4.08. The molecule has 1 heterocycles. The van der Waals surface area contributed by atoms with E-state index in [1.54, 1.807) is 6.08 Å². The molecule has 22 heavy (non-hydrogen) atoms. The Labute approximate surface area is 137 Å². The number of carboxylic acid groups (broad SMARTS) is 1. The monoisotopic (exact) mass is 340 g/mol. The van der Waals surface area contributed by atoms with Crippen molar-refractivity contribution in [2.45, 2.75) is 0 Å². The second-order valence-corrected chi connectivity index (χ2v) is 5.76. The van der Waals surface area contributed by atoms with Crippen LogP contribution in [0.2, 0.25) is 0 Å². The molecule has 2 rings (SSSR count). The van der Waals surface area contributed by atoms with E-state index in [4.69, 9.17) is 28.2 Å². The number of hydrogen-bond donors (Lipinski definition) is 3. The summed E-state index contributed by atoms with van der Waals surface area (Å²) in [7, 11) is 0. The standard InChI is InChI=1S/C12H9NO3S2.C2H7NO/c14-10(15)7-13-11(16)9(18-12(13)17)6-8-4-2-1-3-5-8;3-1-2-4/h1-6H,7H2,(H,14,15);4H,1-3H2. The third-order valence-electron chi connectivity index (χ3n) is 2.39. The highest BCUT2D eigenvalue weighted by Gasteiger charge is 2.33. The van der Waals surface area contributed by atoms with E-state index in [-0.39, 0.29) is 16.8 Å². The Morgan fingerprint density at radius 2 is 1.95 bits per heavy atom. The van der Waals surface area contributed by atoms with Gasteiger partial charge in [0.1, 0.15) is 10.9 Å². The number of carbonyl (C=O) groups is 2. The molecule has 1 saturated heterocycles. The SMILES string of the molecule is NCCO.O=C(O)CN1C(=O)C(=Cc2ccccc2)SC1=S. The highest BCUT2D eigenvalue weighted by Crippen LogP contribution is 2.32. The first-order chi connectivity index (χ1) is 10.5. The number of thiocarbonyl (C=S) groups is 1. The first-order valence-corrected chi connectivity index (χ1v) is 7.55. The second kappa shape index (κ2) is 9.31. The molecule has 0 atom stereocenters. The summed E-state index contributed by atoms with van der Waals surface area (Å²) >= 11 is 6.12. The predicted octanol–water partition coefficient (Wildman–Crippen LogP) is 0.910. The maximum absolute atomic E-state index is 11.9. The number of aliphatic hydroxyl groups excluding tert-OH is 1. The van der Waals surface area contributed by atoms with Gasteiger partial charge in [-0.25, -0.2) is 0 Å². The molecule has 6 nitrogen and oxygen atoms in total. The Bertz CT molecular complexity index is 573. The van der Waals surface area contributed by atoms with Crippen LogP contribution in [0.3, 0.4) is 0 Å². The molecule has 1 amide bonds. The summed E-state index contributed by atoms with van der Waals surface area (Å²) in [6, 6.07) is 9.34. The van der Waals surface area contributed by atoms with E-state index in [0.717, 1.165) is 22.2 Å². The van der Waals surface area contributed by atoms with Crippen LogP contribution in [0.1, 0.15) is 5.56 Å². The molecular formula is C14H16N2O4S2. The third-order valence-corrected chi connectivity index (χ3v) is 3.77. The molecule has 4 N–H and O–H groups in total. The van der Waals surface area contributed by atoms with E-state index in [2.05, 4.69) is 0 Å². The van der Waals surface area contributed by atoms with Crippen LogP contribution in [-0.2, 0) is 9.59 Å². The molecule has 0 aliphatic carbocycles. The van der Waals surface area contributed by atoms with E-state index in [1.807, 2.05) is 30.3 Å². The van der Waals surface area contributed by atoms with Crippen molar-refractivity contribution in [3.63, 3.8) is 0 Å². The van der Waals surface area contributed by atoms with Gasteiger partial charge in [0, 0.05) is 6.54 Å². The summed E-state index contributed by atoms with van der Waals surface area (Å²) in [6.45, 7) is 0.0802. The van der Waals surface area contributed by atoms with Crippen molar-refractivity contribution in [2.75, 3.05) is 19.7 Å². The molecular weight excluding hydrogens is 324 g/mol. The zero-order valence-corrected chi connectivity index (χ0v) is 13.3. The van der Waals surface area contributed by atoms with Crippen LogP contribution >= 0.6 is 24.0 Å². The van der Waals surface area contributed by atoms with Crippen LogP contribution in [0.5, 0.6) is 0 Å². The Hall–Kier alpha value is -1.74. The number of hydrogen-bond acceptors (Lipinski definition) is 6. The fourth-order valence-electron chi connectivity index (χ4n) is 1.47. The topological polar surface area (TPSA) is 104 Å². The number of rotatable bonds is 4. The molecule has 1 aromatic rings. The number of nitrogens with zero attached hydrogens (tertiary/aromatic N) is 1. The minimum absolute atomic E-state index is 0.0972. The van der Waals surface area contributed by atoms with Gasteiger partial charge in [0.25, 0.3) is 5.91 Å². The summed E-state index contributed by atoms with van der Waals surface area (Å²) in [5.74, 6) is -1.43. The quantitative estimate of drug-likeness (QED) is 0.553. The fourth-order valence-corrected chi connectivity index (χ4v) is 2.73. The first kappa shape index (κ1) is 18.3. The van der Waals surface area contributed by atoms with Crippen molar-refractivity contribution in [3.8, 4) is 0 Å². The third kappa shape index (κ3) is 5.57. The van der Waals surface area contributed by atoms with Crippen LogP contribution in [0.4, 0.5) is 0 Å². The molecule has 0 unspecified atom stereocenters. The molecule has 0 aromatic heterocycles. The fraction of sp³-hybridized carbons (Fsp3) is 0.214. The zero-order chi connectivity index (χ0) is 16.5. The Kier molecular flexibility index (Phi) is 7.75. The van der Waals surface area contributed by atoms with Gasteiger partial charge in [-0.15, -0.1) is 0 Å². The number of thioether (sulfide) groups is 1. The van der Waals surface area contributed by atoms with Gasteiger partial charge in [-0.05, 0) is 11.6 Å². The lowest BCUT2D eigenvalue weighted by atomic mass is 10.2. The highest BCUT2D eigenvalue weighted by atomic mass is 32.2. The summed E-state index contributed by atoms with van der Waals surface area (Å²) in [5, 5.41) is 16.5. The van der Waals surface area contributed by atoms with Crippen molar-refractivity contribution in [1.82, 2.24) is 4.90 Å². The summed E-state index contributed by atoms with van der Waals surface area (Å²) < 4.78 is 0.282. The molecule has 1 aliphatic rings. The van der Waals surface area contributed by atoms with E-state index in [0.29, 0.717) is 11.4 Å². The van der Waals surface area contributed by atoms with E-state index in [1.165, 1.54) is 0 Å². The van der Waals surface area contributed by atoms with E-state index >= 15 is 0 Å². The lowest BCUT2D eigenvalue weighted by molar-refractivity contribution is -0.140. The maximum Gasteiger partial charge on any atom is 0.323 e. The van der Waals surface area contributed by atoms with Crippen LogP contribution in [0, 0.1) is 0 Å². The van der Waals surface area contributed by atoms with Crippen molar-refractivity contribution in [1.29, 1.82) is 0 Å². The number of aliphatic carboxylic acids is 1. The van der Waals surface area contributed by atoms with Crippen LogP contribution in [0.15, 0.2) is 35.2 Å². The Balaban J connectivity index is 0.000000541. The highest BCUT2D eigenvalue weighted by molar-refractivity contribution is 8.26. The zero-order valence-electron chi connectivity index (χ0n) is 11.6. The van der Waals surface area contributed by atoms with Crippen molar-refractivity contribution in [2.24, 2.45) is 5.73 Å². The average Bonchev–Trinajstić information content (AvgIpc) is 2.76. The van der Waals surface area contributed by atoms with Gasteiger partial charge < -0.3 is 15.9 Å². The molecule has 118 valence electrons. The number of amides is 1. The number of nitrogens with two attached hydrogens (primary N) is 1. The smallest absolute Gasteiger partial charge is 0.323 e. The molecule has 8 heteroatoms. The largest absolute Gasteiger partial charge is 0.480 e. The molecule has 0 radical (unpaired) electrons. The van der Waals surface area contributed by atoms with Gasteiger partial charge >= 0.3 is 5.97 Å². The lowest BCUT2D eigenvalue weighted by Crippen LogP contribution is -2.33.